The summed E-state index contributed by atoms with van der Waals surface area (Å²) >= 11 is 0. The van der Waals surface area contributed by atoms with Crippen molar-refractivity contribution < 1.29 is 14.3 Å². The lowest BCUT2D eigenvalue weighted by atomic mass is 10.1. The van der Waals surface area contributed by atoms with Crippen LogP contribution in [-0.2, 0) is 0 Å². The third-order valence-electron chi connectivity index (χ3n) is 7.18. The molecule has 0 radical (unpaired) electrons. The molecule has 1 aromatic heterocycles. The molecular weight excluding hydrogens is 452 g/mol. The van der Waals surface area contributed by atoms with Crippen molar-refractivity contribution in [1.29, 1.82) is 0 Å². The summed E-state index contributed by atoms with van der Waals surface area (Å²) in [5, 5.41) is 6.16. The third kappa shape index (κ3) is 4.78. The highest BCUT2D eigenvalue weighted by atomic mass is 16.5. The maximum absolute atomic E-state index is 13.3. The molecule has 3 atom stereocenters. The summed E-state index contributed by atoms with van der Waals surface area (Å²) < 4.78 is 5.26. The number of carbonyl (C=O) groups is 2. The predicted molar refractivity (Wildman–Crippen MR) is 141 cm³/mol. The fraction of sp³-hybridized carbons (Fsp3) is 0.345. The average Bonchev–Trinajstić information content (AvgIpc) is 3.37. The molecule has 36 heavy (non-hydrogen) atoms. The number of nitrogens with zero attached hydrogens (tertiary/aromatic N) is 2. The third-order valence-corrected chi connectivity index (χ3v) is 7.18. The molecule has 2 heterocycles. The van der Waals surface area contributed by atoms with Gasteiger partial charge in [0.15, 0.2) is 0 Å². The van der Waals surface area contributed by atoms with E-state index in [1.807, 2.05) is 49.9 Å². The van der Waals surface area contributed by atoms with Gasteiger partial charge in [-0.2, -0.15) is 0 Å². The number of benzene rings is 2. The van der Waals surface area contributed by atoms with E-state index < -0.39 is 0 Å². The Balaban J connectivity index is 1.22. The van der Waals surface area contributed by atoms with Gasteiger partial charge in [-0.15, -0.1) is 0 Å². The zero-order valence-electron chi connectivity index (χ0n) is 21.1. The molecule has 0 spiro atoms. The summed E-state index contributed by atoms with van der Waals surface area (Å²) in [6.07, 6.45) is 1.56. The van der Waals surface area contributed by atoms with E-state index in [0.717, 1.165) is 30.2 Å². The monoisotopic (exact) mass is 484 g/mol. The van der Waals surface area contributed by atoms with Gasteiger partial charge >= 0.3 is 0 Å². The molecule has 2 aromatic carbocycles. The minimum Gasteiger partial charge on any atom is -0.497 e. The summed E-state index contributed by atoms with van der Waals surface area (Å²) in [6.45, 7) is 7.51. The highest BCUT2D eigenvalue weighted by molar-refractivity contribution is 6.05. The number of carbonyl (C=O) groups excluding carboxylic acids is 2. The highest BCUT2D eigenvalue weighted by Gasteiger charge is 2.57. The first kappa shape index (κ1) is 23.9. The van der Waals surface area contributed by atoms with Crippen LogP contribution in [-0.4, -0.2) is 47.9 Å². The molecule has 5 rings (SSSR count). The smallest absolute Gasteiger partial charge is 0.257 e. The van der Waals surface area contributed by atoms with E-state index in [-0.39, 0.29) is 17.9 Å². The number of aryl methyl sites for hydroxylation is 1. The fourth-order valence-corrected chi connectivity index (χ4v) is 5.19. The first-order chi connectivity index (χ1) is 17.3. The zero-order valence-corrected chi connectivity index (χ0v) is 21.1. The Hall–Kier alpha value is -3.87. The lowest BCUT2D eigenvalue weighted by molar-refractivity contribution is 0.0772. The number of rotatable bonds is 7. The summed E-state index contributed by atoms with van der Waals surface area (Å²) in [7, 11) is 1.67. The molecule has 2 unspecified atom stereocenters. The van der Waals surface area contributed by atoms with E-state index >= 15 is 0 Å². The van der Waals surface area contributed by atoms with E-state index in [9.17, 15) is 9.59 Å². The van der Waals surface area contributed by atoms with Crippen LogP contribution < -0.4 is 15.4 Å². The van der Waals surface area contributed by atoms with E-state index in [4.69, 9.17) is 4.74 Å². The Labute approximate surface area is 211 Å². The molecule has 0 bridgehead atoms. The number of piperidine rings is 1. The number of anilines is 2. The first-order valence-electron chi connectivity index (χ1n) is 12.4. The number of hydrogen-bond acceptors (Lipinski definition) is 5. The van der Waals surface area contributed by atoms with E-state index in [1.165, 1.54) is 5.56 Å². The summed E-state index contributed by atoms with van der Waals surface area (Å²) in [5.74, 6) is 2.88. The van der Waals surface area contributed by atoms with Crippen LogP contribution in [0.15, 0.2) is 60.8 Å². The van der Waals surface area contributed by atoms with Gasteiger partial charge in [0.05, 0.1) is 12.7 Å². The second-order valence-electron chi connectivity index (χ2n) is 10.1. The van der Waals surface area contributed by atoms with Gasteiger partial charge in [0, 0.05) is 36.6 Å². The van der Waals surface area contributed by atoms with Crippen molar-refractivity contribution in [3.63, 3.8) is 0 Å². The number of nitrogens with one attached hydrogen (secondary N) is 2. The molecule has 2 fully saturated rings. The number of aromatic nitrogens is 1. The minimum atomic E-state index is -0.254. The highest BCUT2D eigenvalue weighted by Crippen LogP contribution is 2.58. The number of likely N-dealkylation sites (tertiary alicyclic amines) is 1. The maximum atomic E-state index is 13.3. The van der Waals surface area contributed by atoms with Crippen LogP contribution in [0.2, 0.25) is 0 Å². The van der Waals surface area contributed by atoms with Gasteiger partial charge in [-0.05, 0) is 86.1 Å². The average molecular weight is 485 g/mol. The fourth-order valence-electron chi connectivity index (χ4n) is 5.19. The molecule has 7 nitrogen and oxygen atoms in total. The Morgan fingerprint density at radius 2 is 1.69 bits per heavy atom. The lowest BCUT2D eigenvalue weighted by Gasteiger charge is -2.21. The molecule has 1 aliphatic carbocycles. The number of hydrogen-bond donors (Lipinski definition) is 2. The molecule has 1 aliphatic heterocycles. The van der Waals surface area contributed by atoms with Crippen molar-refractivity contribution in [1.82, 2.24) is 9.88 Å². The Morgan fingerprint density at radius 3 is 2.31 bits per heavy atom. The van der Waals surface area contributed by atoms with E-state index in [1.54, 1.807) is 31.5 Å². The van der Waals surface area contributed by atoms with Crippen LogP contribution in [0.1, 0.15) is 51.6 Å². The van der Waals surface area contributed by atoms with Crippen LogP contribution in [0.4, 0.5) is 11.5 Å². The van der Waals surface area contributed by atoms with Gasteiger partial charge in [0.1, 0.15) is 11.6 Å². The molecule has 1 saturated heterocycles. The topological polar surface area (TPSA) is 83.6 Å². The number of fused-ring (bicyclic) bond motifs is 1. The van der Waals surface area contributed by atoms with Gasteiger partial charge in [-0.3, -0.25) is 9.59 Å². The van der Waals surface area contributed by atoms with Crippen molar-refractivity contribution in [2.75, 3.05) is 30.8 Å². The summed E-state index contributed by atoms with van der Waals surface area (Å²) in [5.41, 5.74) is 3.91. The van der Waals surface area contributed by atoms with Crippen molar-refractivity contribution in [3.8, 4) is 5.75 Å². The quantitative estimate of drug-likeness (QED) is 0.495. The van der Waals surface area contributed by atoms with Gasteiger partial charge < -0.3 is 20.3 Å². The molecule has 2 N–H and O–H groups in total. The molecule has 2 aliphatic rings. The summed E-state index contributed by atoms with van der Waals surface area (Å²) in [6, 6.07) is 17.6. The standard InChI is InChI=1S/C29H32N4O3/c1-17(2)31-26-12-9-21(14-30-26)28(34)32-25-13-20(6-5-18(25)3)29(35)33-15-23-24(16-33)27(23)19-7-10-22(36-4)11-8-19/h5-14,17,23-24,27H,15-16H2,1-4H3,(H,30,31)(H,32,34)/t23-,24?,27?/m1/s1. The minimum absolute atomic E-state index is 0.0111. The number of ether oxygens (including phenoxy) is 1. The first-order valence-corrected chi connectivity index (χ1v) is 12.4. The van der Waals surface area contributed by atoms with Gasteiger partial charge in [-0.1, -0.05) is 18.2 Å². The largest absolute Gasteiger partial charge is 0.497 e. The van der Waals surface area contributed by atoms with Crippen molar-refractivity contribution in [2.24, 2.45) is 11.8 Å². The molecular formula is C29H32N4O3. The summed E-state index contributed by atoms with van der Waals surface area (Å²) in [4.78, 5) is 32.3. The van der Waals surface area contributed by atoms with Gasteiger partial charge in [0.2, 0.25) is 0 Å². The number of pyridine rings is 1. The van der Waals surface area contributed by atoms with Crippen molar-refractivity contribution >= 4 is 23.3 Å². The van der Waals surface area contributed by atoms with Crippen LogP contribution in [0.3, 0.4) is 0 Å². The zero-order chi connectivity index (χ0) is 25.4. The van der Waals surface area contributed by atoms with Crippen molar-refractivity contribution in [2.45, 2.75) is 32.7 Å². The molecule has 186 valence electrons. The number of amides is 2. The molecule has 7 heteroatoms. The maximum Gasteiger partial charge on any atom is 0.257 e. The lowest BCUT2D eigenvalue weighted by Crippen LogP contribution is -2.31. The molecule has 1 saturated carbocycles. The van der Waals surface area contributed by atoms with Gasteiger partial charge in [0.25, 0.3) is 11.8 Å². The normalized spacial score (nSPS) is 20.1. The SMILES string of the molecule is COc1ccc(C2C3CN(C(=O)c4ccc(C)c(NC(=O)c5ccc(NC(C)C)nc5)c4)C[C@H]32)cc1. The van der Waals surface area contributed by atoms with Crippen LogP contribution in [0.25, 0.3) is 0 Å². The van der Waals surface area contributed by atoms with Crippen LogP contribution in [0, 0.1) is 18.8 Å². The Kier molecular flexibility index (Phi) is 6.39. The van der Waals surface area contributed by atoms with E-state index in [2.05, 4.69) is 27.8 Å². The van der Waals surface area contributed by atoms with Crippen molar-refractivity contribution in [3.05, 3.63) is 83.0 Å². The van der Waals surface area contributed by atoms with E-state index in [0.29, 0.717) is 34.6 Å². The Bertz CT molecular complexity index is 1260. The molecule has 3 aromatic rings. The molecule has 2 amide bonds. The van der Waals surface area contributed by atoms with Crippen LogP contribution in [0.5, 0.6) is 5.75 Å². The van der Waals surface area contributed by atoms with Crippen LogP contribution >= 0.6 is 0 Å². The Morgan fingerprint density at radius 1 is 1.00 bits per heavy atom. The second kappa shape index (κ2) is 9.64. The predicted octanol–water partition coefficient (Wildman–Crippen LogP) is 4.96. The second-order valence-corrected chi connectivity index (χ2v) is 10.1. The van der Waals surface area contributed by atoms with Gasteiger partial charge in [-0.25, -0.2) is 4.98 Å². The number of methoxy groups -OCH3 is 1.